The van der Waals surface area contributed by atoms with Crippen molar-refractivity contribution >= 4 is 0 Å². The molecule has 1 unspecified atom stereocenters. The Balaban J connectivity index is 1.60. The molecule has 3 heteroatoms. The smallest absolute Gasteiger partial charge is 0.126 e. The molecule has 4 rings (SSSR count). The van der Waals surface area contributed by atoms with Gasteiger partial charge < -0.3 is 10.5 Å². The maximum absolute atomic E-state index is 13.3. The second-order valence-corrected chi connectivity index (χ2v) is 6.07. The van der Waals surface area contributed by atoms with Gasteiger partial charge in [0.2, 0.25) is 0 Å². The molecule has 2 aliphatic rings. The summed E-state index contributed by atoms with van der Waals surface area (Å²) in [5.41, 5.74) is 9.51. The van der Waals surface area contributed by atoms with E-state index in [9.17, 15) is 4.39 Å². The van der Waals surface area contributed by atoms with Crippen LogP contribution in [0.25, 0.3) is 0 Å². The van der Waals surface area contributed by atoms with Crippen molar-refractivity contribution < 1.29 is 9.13 Å². The lowest BCUT2D eigenvalue weighted by molar-refractivity contribution is 0.161. The Labute approximate surface area is 123 Å². The fourth-order valence-corrected chi connectivity index (χ4v) is 3.08. The molecule has 2 aromatic carbocycles. The third kappa shape index (κ3) is 2.42. The molecule has 1 aliphatic heterocycles. The second-order valence-electron chi connectivity index (χ2n) is 6.07. The van der Waals surface area contributed by atoms with Crippen LogP contribution in [0.2, 0.25) is 0 Å². The van der Waals surface area contributed by atoms with Crippen molar-refractivity contribution in [3.63, 3.8) is 0 Å². The summed E-state index contributed by atoms with van der Waals surface area (Å²) in [7, 11) is 0. The predicted molar refractivity (Wildman–Crippen MR) is 79.7 cm³/mol. The van der Waals surface area contributed by atoms with Gasteiger partial charge in [0.25, 0.3) is 0 Å². The highest BCUT2D eigenvalue weighted by atomic mass is 19.1. The van der Waals surface area contributed by atoms with Gasteiger partial charge in [0.15, 0.2) is 0 Å². The maximum atomic E-state index is 13.3. The van der Waals surface area contributed by atoms with Crippen molar-refractivity contribution in [3.05, 3.63) is 65.0 Å². The van der Waals surface area contributed by atoms with Crippen molar-refractivity contribution in [2.24, 2.45) is 5.73 Å². The van der Waals surface area contributed by atoms with Crippen LogP contribution in [0.15, 0.2) is 42.5 Å². The summed E-state index contributed by atoms with van der Waals surface area (Å²) in [6, 6.07) is 13.1. The van der Waals surface area contributed by atoms with E-state index in [4.69, 9.17) is 10.5 Å². The van der Waals surface area contributed by atoms with Crippen LogP contribution >= 0.6 is 0 Å². The summed E-state index contributed by atoms with van der Waals surface area (Å²) in [5.74, 6) is 1.20. The Morgan fingerprint density at radius 1 is 1.00 bits per heavy atom. The monoisotopic (exact) mass is 283 g/mol. The topological polar surface area (TPSA) is 35.2 Å². The molecule has 108 valence electrons. The summed E-state index contributed by atoms with van der Waals surface area (Å²) < 4.78 is 19.3. The Kier molecular flexibility index (Phi) is 2.96. The number of halogens is 1. The highest BCUT2D eigenvalue weighted by Crippen LogP contribution is 2.42. The summed E-state index contributed by atoms with van der Waals surface area (Å²) in [5, 5.41) is 0. The van der Waals surface area contributed by atoms with E-state index in [-0.39, 0.29) is 18.0 Å². The van der Waals surface area contributed by atoms with E-state index in [2.05, 4.69) is 24.3 Å². The standard InChI is InChI=1S/C18H18FNO/c19-14-7-8-17-15(9-14)16(20)10-18(21-17)13-5-3-12(4-6-13)11-1-2-11/h3-9,11,16,18H,1-2,10,20H2/t16-,18?/m1/s1. The molecular weight excluding hydrogens is 265 g/mol. The normalized spacial score (nSPS) is 24.3. The number of fused-ring (bicyclic) bond motifs is 1. The van der Waals surface area contributed by atoms with Crippen LogP contribution < -0.4 is 10.5 Å². The first-order valence-corrected chi connectivity index (χ1v) is 7.52. The molecule has 1 aliphatic carbocycles. The van der Waals surface area contributed by atoms with Crippen LogP contribution in [0.3, 0.4) is 0 Å². The van der Waals surface area contributed by atoms with E-state index in [1.807, 2.05) is 0 Å². The molecule has 0 aromatic heterocycles. The van der Waals surface area contributed by atoms with Gasteiger partial charge in [-0.2, -0.15) is 0 Å². The summed E-state index contributed by atoms with van der Waals surface area (Å²) in [6.45, 7) is 0. The van der Waals surface area contributed by atoms with Crippen LogP contribution in [-0.2, 0) is 0 Å². The molecule has 2 aromatic rings. The minimum Gasteiger partial charge on any atom is -0.485 e. The van der Waals surface area contributed by atoms with Crippen LogP contribution in [0.5, 0.6) is 5.75 Å². The zero-order valence-electron chi connectivity index (χ0n) is 11.8. The lowest BCUT2D eigenvalue weighted by atomic mass is 9.93. The van der Waals surface area contributed by atoms with E-state index in [0.717, 1.165) is 17.0 Å². The summed E-state index contributed by atoms with van der Waals surface area (Å²) in [4.78, 5) is 0. The first kappa shape index (κ1) is 12.8. The van der Waals surface area contributed by atoms with Crippen molar-refractivity contribution in [1.29, 1.82) is 0 Å². The second kappa shape index (κ2) is 4.85. The number of ether oxygens (including phenoxy) is 1. The van der Waals surface area contributed by atoms with E-state index >= 15 is 0 Å². The highest BCUT2D eigenvalue weighted by molar-refractivity contribution is 5.40. The molecule has 2 nitrogen and oxygen atoms in total. The lowest BCUT2D eigenvalue weighted by Crippen LogP contribution is -2.24. The molecule has 0 spiro atoms. The molecule has 0 bridgehead atoms. The van der Waals surface area contributed by atoms with Crippen LogP contribution in [-0.4, -0.2) is 0 Å². The van der Waals surface area contributed by atoms with E-state index < -0.39 is 0 Å². The summed E-state index contributed by atoms with van der Waals surface area (Å²) in [6.07, 6.45) is 3.25. The van der Waals surface area contributed by atoms with E-state index in [0.29, 0.717) is 12.2 Å². The molecule has 1 heterocycles. The number of nitrogens with two attached hydrogens (primary N) is 1. The largest absolute Gasteiger partial charge is 0.485 e. The van der Waals surface area contributed by atoms with Gasteiger partial charge in [-0.25, -0.2) is 4.39 Å². The first-order valence-electron chi connectivity index (χ1n) is 7.52. The predicted octanol–water partition coefficient (Wildman–Crippen LogP) is 4.23. The van der Waals surface area contributed by atoms with Crippen LogP contribution in [0.4, 0.5) is 4.39 Å². The molecule has 0 radical (unpaired) electrons. The van der Waals surface area contributed by atoms with E-state index in [1.165, 1.54) is 30.5 Å². The van der Waals surface area contributed by atoms with Crippen LogP contribution in [0, 0.1) is 5.82 Å². The van der Waals surface area contributed by atoms with Gasteiger partial charge in [-0.3, -0.25) is 0 Å². The SMILES string of the molecule is N[C@@H]1CC(c2ccc(C3CC3)cc2)Oc2ccc(F)cc21. The Hall–Kier alpha value is -1.87. The third-order valence-electron chi connectivity index (χ3n) is 4.47. The number of hydrogen-bond donors (Lipinski definition) is 1. The average Bonchev–Trinajstić information content (AvgIpc) is 3.33. The highest BCUT2D eigenvalue weighted by Gasteiger charge is 2.28. The van der Waals surface area contributed by atoms with Crippen molar-refractivity contribution in [3.8, 4) is 5.75 Å². The van der Waals surface area contributed by atoms with Gasteiger partial charge in [0.05, 0.1) is 0 Å². The van der Waals surface area contributed by atoms with Crippen molar-refractivity contribution in [2.45, 2.75) is 37.3 Å². The fraction of sp³-hybridized carbons (Fsp3) is 0.333. The van der Waals surface area contributed by atoms with E-state index in [1.54, 1.807) is 6.07 Å². The summed E-state index contributed by atoms with van der Waals surface area (Å²) >= 11 is 0. The van der Waals surface area contributed by atoms with Gasteiger partial charge in [-0.1, -0.05) is 24.3 Å². The van der Waals surface area contributed by atoms with Crippen molar-refractivity contribution in [1.82, 2.24) is 0 Å². The zero-order valence-corrected chi connectivity index (χ0v) is 11.8. The minimum atomic E-state index is -0.264. The molecule has 21 heavy (non-hydrogen) atoms. The third-order valence-corrected chi connectivity index (χ3v) is 4.47. The van der Waals surface area contributed by atoms with Gasteiger partial charge in [0.1, 0.15) is 17.7 Å². The average molecular weight is 283 g/mol. The molecular formula is C18H18FNO. The molecule has 2 atom stereocenters. The van der Waals surface area contributed by atoms with Crippen LogP contribution in [0.1, 0.15) is 54.0 Å². The molecule has 0 amide bonds. The van der Waals surface area contributed by atoms with Gasteiger partial charge in [-0.15, -0.1) is 0 Å². The quantitative estimate of drug-likeness (QED) is 0.895. The maximum Gasteiger partial charge on any atom is 0.126 e. The fourth-order valence-electron chi connectivity index (χ4n) is 3.08. The van der Waals surface area contributed by atoms with Crippen molar-refractivity contribution in [2.75, 3.05) is 0 Å². The lowest BCUT2D eigenvalue weighted by Gasteiger charge is -2.30. The van der Waals surface area contributed by atoms with Gasteiger partial charge >= 0.3 is 0 Å². The zero-order chi connectivity index (χ0) is 14.4. The Bertz CT molecular complexity index is 663. The molecule has 2 N–H and O–H groups in total. The molecule has 1 fully saturated rings. The Morgan fingerprint density at radius 2 is 1.71 bits per heavy atom. The first-order chi connectivity index (χ1) is 10.2. The number of hydrogen-bond acceptors (Lipinski definition) is 2. The minimum absolute atomic E-state index is 0.0498. The number of benzene rings is 2. The molecule has 1 saturated carbocycles. The number of rotatable bonds is 2. The van der Waals surface area contributed by atoms with Gasteiger partial charge in [-0.05, 0) is 48.1 Å². The Morgan fingerprint density at radius 3 is 2.43 bits per heavy atom. The molecule has 0 saturated heterocycles. The van der Waals surface area contributed by atoms with Gasteiger partial charge in [0, 0.05) is 18.0 Å².